The van der Waals surface area contributed by atoms with Crippen LogP contribution in [-0.2, 0) is 10.8 Å². The van der Waals surface area contributed by atoms with Crippen LogP contribution in [0.2, 0.25) is 0 Å². The van der Waals surface area contributed by atoms with Crippen LogP contribution in [0.15, 0.2) is 140 Å². The quantitative estimate of drug-likeness (QED) is 0.187. The van der Waals surface area contributed by atoms with Gasteiger partial charge in [0.2, 0.25) is 0 Å². The lowest BCUT2D eigenvalue weighted by Gasteiger charge is -2.31. The smallest absolute Gasteiger partial charge is 0.0555 e. The molecule has 0 amide bonds. The molecule has 0 spiro atoms. The van der Waals surface area contributed by atoms with E-state index < -0.39 is 0 Å². The minimum atomic E-state index is -0.0964. The Kier molecular flexibility index (Phi) is 5.63. The monoisotopic (exact) mass is 633 g/mol. The molecule has 0 radical (unpaired) electrons. The van der Waals surface area contributed by atoms with E-state index in [1.165, 1.54) is 92.5 Å². The standard InChI is InChI=1S/C46H35NS/c1-45(2)33-18-9-7-16-30(33)42-35(45)20-11-22-37(42)47(38-23-12-21-36-43(38)31-17-8-10-19-34(31)46(36,3)4)39-24-13-25-40-44(39)32-26-28-14-5-6-15-29(28)27-41(32)48-40/h5-27H,1-4H3. The number of hydrogen-bond acceptors (Lipinski definition) is 2. The molecule has 48 heavy (non-hydrogen) atoms. The van der Waals surface area contributed by atoms with Crippen LogP contribution in [0.5, 0.6) is 0 Å². The fourth-order valence-electron chi connectivity index (χ4n) is 8.91. The third kappa shape index (κ3) is 3.61. The SMILES string of the molecule is CC1(C)c2ccccc2-c2c(N(c3cccc4c3-c3ccccc3C4(C)C)c3cccc4sc5cc6ccccc6cc5c34)cccc21. The van der Waals surface area contributed by atoms with Crippen molar-refractivity contribution >= 4 is 59.3 Å². The summed E-state index contributed by atoms with van der Waals surface area (Å²) >= 11 is 1.90. The molecule has 2 aliphatic rings. The van der Waals surface area contributed by atoms with Gasteiger partial charge in [0.1, 0.15) is 0 Å². The molecule has 2 heteroatoms. The predicted octanol–water partition coefficient (Wildman–Crippen LogP) is 13.3. The molecule has 1 aromatic heterocycles. The number of anilines is 3. The highest BCUT2D eigenvalue weighted by Gasteiger charge is 2.41. The van der Waals surface area contributed by atoms with Crippen LogP contribution in [0.4, 0.5) is 17.1 Å². The molecule has 0 unspecified atom stereocenters. The number of nitrogens with zero attached hydrogens (tertiary/aromatic N) is 1. The molecule has 1 nitrogen and oxygen atoms in total. The molecule has 0 saturated carbocycles. The summed E-state index contributed by atoms with van der Waals surface area (Å²) in [4.78, 5) is 2.61. The van der Waals surface area contributed by atoms with Gasteiger partial charge in [0.25, 0.3) is 0 Å². The topological polar surface area (TPSA) is 3.24 Å². The maximum atomic E-state index is 2.61. The Morgan fingerprint density at radius 1 is 0.438 bits per heavy atom. The van der Waals surface area contributed by atoms with Crippen LogP contribution in [0, 0.1) is 0 Å². The van der Waals surface area contributed by atoms with Crippen molar-refractivity contribution < 1.29 is 0 Å². The highest BCUT2D eigenvalue weighted by Crippen LogP contribution is 2.59. The van der Waals surface area contributed by atoms with Crippen molar-refractivity contribution in [1.29, 1.82) is 0 Å². The number of thiophene rings is 1. The van der Waals surface area contributed by atoms with Gasteiger partial charge in [0.15, 0.2) is 0 Å². The zero-order chi connectivity index (χ0) is 32.4. The molecule has 0 atom stereocenters. The first-order valence-corrected chi connectivity index (χ1v) is 17.8. The lowest BCUT2D eigenvalue weighted by Crippen LogP contribution is -2.17. The average Bonchev–Trinajstić information content (AvgIpc) is 3.68. The Hall–Kier alpha value is -5.18. The van der Waals surface area contributed by atoms with E-state index in [2.05, 4.69) is 172 Å². The summed E-state index contributed by atoms with van der Waals surface area (Å²) in [6, 6.07) is 52.4. The Labute approximate surface area is 285 Å². The Balaban J connectivity index is 1.36. The molecule has 10 rings (SSSR count). The first-order chi connectivity index (χ1) is 23.3. The van der Waals surface area contributed by atoms with Crippen molar-refractivity contribution in [3.05, 3.63) is 162 Å². The van der Waals surface area contributed by atoms with Gasteiger partial charge in [0, 0.05) is 42.1 Å². The van der Waals surface area contributed by atoms with Crippen molar-refractivity contribution in [3.8, 4) is 22.3 Å². The summed E-state index contributed by atoms with van der Waals surface area (Å²) in [5, 5.41) is 5.19. The molecule has 0 bridgehead atoms. The molecule has 0 fully saturated rings. The summed E-state index contributed by atoms with van der Waals surface area (Å²) < 4.78 is 2.63. The first-order valence-electron chi connectivity index (χ1n) is 16.9. The van der Waals surface area contributed by atoms with Gasteiger partial charge in [-0.25, -0.2) is 0 Å². The van der Waals surface area contributed by atoms with Gasteiger partial charge in [0.05, 0.1) is 17.1 Å². The molecule has 2 aliphatic carbocycles. The van der Waals surface area contributed by atoms with E-state index in [1.54, 1.807) is 0 Å². The van der Waals surface area contributed by atoms with E-state index in [4.69, 9.17) is 0 Å². The molecule has 0 N–H and O–H groups in total. The van der Waals surface area contributed by atoms with Crippen LogP contribution in [0.3, 0.4) is 0 Å². The maximum absolute atomic E-state index is 2.61. The second-order valence-electron chi connectivity index (χ2n) is 14.5. The largest absolute Gasteiger partial charge is 0.309 e. The molecule has 1 heterocycles. The number of rotatable bonds is 3. The average molecular weight is 634 g/mol. The second-order valence-corrected chi connectivity index (χ2v) is 15.6. The normalized spacial score (nSPS) is 15.0. The highest BCUT2D eigenvalue weighted by molar-refractivity contribution is 7.26. The summed E-state index contributed by atoms with van der Waals surface area (Å²) in [7, 11) is 0. The van der Waals surface area contributed by atoms with Gasteiger partial charge in [-0.05, 0) is 80.6 Å². The van der Waals surface area contributed by atoms with Crippen molar-refractivity contribution in [2.75, 3.05) is 4.90 Å². The summed E-state index contributed by atoms with van der Waals surface area (Å²) in [5.41, 5.74) is 14.4. The Morgan fingerprint density at radius 3 is 1.52 bits per heavy atom. The molecule has 230 valence electrons. The number of fused-ring (bicyclic) bond motifs is 10. The first kappa shape index (κ1) is 27.9. The fourth-order valence-corrected chi connectivity index (χ4v) is 10.1. The van der Waals surface area contributed by atoms with Gasteiger partial charge in [-0.2, -0.15) is 0 Å². The zero-order valence-corrected chi connectivity index (χ0v) is 28.5. The van der Waals surface area contributed by atoms with Gasteiger partial charge in [-0.3, -0.25) is 0 Å². The number of benzene rings is 7. The van der Waals surface area contributed by atoms with E-state index in [-0.39, 0.29) is 10.8 Å². The molecule has 7 aromatic carbocycles. The van der Waals surface area contributed by atoms with Gasteiger partial charge >= 0.3 is 0 Å². The second kappa shape index (κ2) is 9.69. The van der Waals surface area contributed by atoms with Crippen LogP contribution in [0.1, 0.15) is 49.9 Å². The highest BCUT2D eigenvalue weighted by atomic mass is 32.1. The summed E-state index contributed by atoms with van der Waals surface area (Å²) in [6.07, 6.45) is 0. The molecule has 0 aliphatic heterocycles. The van der Waals surface area contributed by atoms with Gasteiger partial charge < -0.3 is 4.90 Å². The van der Waals surface area contributed by atoms with Gasteiger partial charge in [-0.15, -0.1) is 11.3 Å². The van der Waals surface area contributed by atoms with Crippen LogP contribution in [0.25, 0.3) is 53.2 Å². The Morgan fingerprint density at radius 2 is 0.917 bits per heavy atom. The lowest BCUT2D eigenvalue weighted by molar-refractivity contribution is 0.660. The van der Waals surface area contributed by atoms with Crippen molar-refractivity contribution in [2.24, 2.45) is 0 Å². The van der Waals surface area contributed by atoms with Crippen LogP contribution >= 0.6 is 11.3 Å². The van der Waals surface area contributed by atoms with Crippen LogP contribution < -0.4 is 4.90 Å². The van der Waals surface area contributed by atoms with E-state index in [1.807, 2.05) is 11.3 Å². The maximum Gasteiger partial charge on any atom is 0.0555 e. The lowest BCUT2D eigenvalue weighted by atomic mass is 9.82. The predicted molar refractivity (Wildman–Crippen MR) is 207 cm³/mol. The number of hydrogen-bond donors (Lipinski definition) is 0. The van der Waals surface area contributed by atoms with E-state index in [9.17, 15) is 0 Å². The minimum Gasteiger partial charge on any atom is -0.309 e. The van der Waals surface area contributed by atoms with Crippen molar-refractivity contribution in [2.45, 2.75) is 38.5 Å². The van der Waals surface area contributed by atoms with Crippen molar-refractivity contribution in [3.63, 3.8) is 0 Å². The third-order valence-electron chi connectivity index (χ3n) is 11.2. The minimum absolute atomic E-state index is 0.0964. The molecular weight excluding hydrogens is 599 g/mol. The van der Waals surface area contributed by atoms with E-state index in [0.717, 1.165) is 0 Å². The molecular formula is C46H35NS. The Bertz CT molecular complexity index is 2530. The summed E-state index contributed by atoms with van der Waals surface area (Å²) in [5.74, 6) is 0. The van der Waals surface area contributed by atoms with Crippen LogP contribution in [-0.4, -0.2) is 0 Å². The van der Waals surface area contributed by atoms with Crippen molar-refractivity contribution in [1.82, 2.24) is 0 Å². The zero-order valence-electron chi connectivity index (χ0n) is 27.6. The van der Waals surface area contributed by atoms with E-state index in [0.29, 0.717) is 0 Å². The third-order valence-corrected chi connectivity index (χ3v) is 12.4. The molecule has 0 saturated heterocycles. The van der Waals surface area contributed by atoms with Gasteiger partial charge in [-0.1, -0.05) is 131 Å². The summed E-state index contributed by atoms with van der Waals surface area (Å²) in [6.45, 7) is 9.51. The van der Waals surface area contributed by atoms with E-state index >= 15 is 0 Å². The fraction of sp³-hybridized carbons (Fsp3) is 0.130. The molecule has 8 aromatic rings.